The second kappa shape index (κ2) is 7.37. The van der Waals surface area contributed by atoms with Gasteiger partial charge >= 0.3 is 0 Å². The summed E-state index contributed by atoms with van der Waals surface area (Å²) in [6.45, 7) is 3.09. The first-order valence-electron chi connectivity index (χ1n) is 5.73. The summed E-state index contributed by atoms with van der Waals surface area (Å²) in [5.41, 5.74) is 1.11. The van der Waals surface area contributed by atoms with E-state index in [1.807, 2.05) is 18.2 Å². The highest BCUT2D eigenvalue weighted by Crippen LogP contribution is 2.30. The van der Waals surface area contributed by atoms with E-state index < -0.39 is 0 Å². The van der Waals surface area contributed by atoms with E-state index in [2.05, 4.69) is 34.1 Å². The lowest BCUT2D eigenvalue weighted by Crippen LogP contribution is -2.22. The van der Waals surface area contributed by atoms with Crippen molar-refractivity contribution in [2.75, 3.05) is 13.7 Å². The van der Waals surface area contributed by atoms with Crippen molar-refractivity contribution in [2.24, 2.45) is 0 Å². The third-order valence-corrected chi connectivity index (χ3v) is 3.03. The third kappa shape index (κ3) is 4.07. The summed E-state index contributed by atoms with van der Waals surface area (Å²) in [6, 6.07) is 6.18. The minimum atomic E-state index is 0.156. The normalized spacial score (nSPS) is 11.9. The smallest absolute Gasteiger partial charge is 0.124 e. The minimum Gasteiger partial charge on any atom is -0.496 e. The Labute approximate surface area is 112 Å². The van der Waals surface area contributed by atoms with Crippen LogP contribution < -0.4 is 10.1 Å². The summed E-state index contributed by atoms with van der Waals surface area (Å²) in [7, 11) is 1.68. The number of terminal acetylenes is 1. The quantitative estimate of drug-likeness (QED) is 0.811. The lowest BCUT2D eigenvalue weighted by molar-refractivity contribution is 0.399. The summed E-state index contributed by atoms with van der Waals surface area (Å²) >= 11 is 3.44. The predicted octanol–water partition coefficient (Wildman–Crippen LogP) is 3.52. The van der Waals surface area contributed by atoms with Gasteiger partial charge in [-0.2, -0.15) is 0 Å². The molecule has 0 saturated carbocycles. The van der Waals surface area contributed by atoms with E-state index in [0.717, 1.165) is 28.8 Å². The molecule has 0 aromatic heterocycles. The van der Waals surface area contributed by atoms with Crippen LogP contribution in [-0.4, -0.2) is 13.7 Å². The van der Waals surface area contributed by atoms with Crippen molar-refractivity contribution in [1.82, 2.24) is 5.32 Å². The Bertz CT molecular complexity index is 398. The first-order valence-corrected chi connectivity index (χ1v) is 6.52. The van der Waals surface area contributed by atoms with Gasteiger partial charge in [0.1, 0.15) is 5.75 Å². The van der Waals surface area contributed by atoms with E-state index >= 15 is 0 Å². The number of rotatable bonds is 6. The molecule has 0 spiro atoms. The molecule has 1 unspecified atom stereocenters. The van der Waals surface area contributed by atoms with Crippen molar-refractivity contribution < 1.29 is 4.74 Å². The van der Waals surface area contributed by atoms with Crippen LogP contribution in [0.4, 0.5) is 0 Å². The Morgan fingerprint density at radius 1 is 1.53 bits per heavy atom. The molecule has 0 saturated heterocycles. The van der Waals surface area contributed by atoms with Crippen molar-refractivity contribution in [3.8, 4) is 18.1 Å². The highest BCUT2D eigenvalue weighted by molar-refractivity contribution is 9.10. The Hall–Kier alpha value is -0.980. The molecule has 3 heteroatoms. The molecular weight excluding hydrogens is 278 g/mol. The molecule has 0 aliphatic heterocycles. The maximum atomic E-state index is 5.42. The molecule has 1 N–H and O–H groups in total. The van der Waals surface area contributed by atoms with Crippen LogP contribution in [0.25, 0.3) is 0 Å². The first-order chi connectivity index (χ1) is 8.22. The summed E-state index contributed by atoms with van der Waals surface area (Å²) in [6.07, 6.45) is 7.17. The molecule has 1 aromatic carbocycles. The number of benzene rings is 1. The summed E-state index contributed by atoms with van der Waals surface area (Å²) in [5, 5.41) is 3.44. The summed E-state index contributed by atoms with van der Waals surface area (Å²) in [4.78, 5) is 0. The number of hydrogen-bond donors (Lipinski definition) is 1. The lowest BCUT2D eigenvalue weighted by atomic mass is 10.0. The van der Waals surface area contributed by atoms with Gasteiger partial charge in [0.05, 0.1) is 7.11 Å². The van der Waals surface area contributed by atoms with Crippen LogP contribution in [0, 0.1) is 12.3 Å². The van der Waals surface area contributed by atoms with E-state index in [4.69, 9.17) is 11.2 Å². The van der Waals surface area contributed by atoms with Gasteiger partial charge in [-0.3, -0.25) is 0 Å². The fraction of sp³-hybridized carbons (Fsp3) is 0.429. The van der Waals surface area contributed by atoms with Gasteiger partial charge in [0.2, 0.25) is 0 Å². The van der Waals surface area contributed by atoms with Gasteiger partial charge in [-0.05, 0) is 25.1 Å². The number of hydrogen-bond acceptors (Lipinski definition) is 2. The fourth-order valence-electron chi connectivity index (χ4n) is 1.70. The van der Waals surface area contributed by atoms with Gasteiger partial charge < -0.3 is 10.1 Å². The topological polar surface area (TPSA) is 21.3 Å². The van der Waals surface area contributed by atoms with Gasteiger partial charge in [0.25, 0.3) is 0 Å². The molecule has 0 radical (unpaired) electrons. The van der Waals surface area contributed by atoms with Crippen molar-refractivity contribution >= 4 is 15.9 Å². The zero-order chi connectivity index (χ0) is 12.7. The van der Waals surface area contributed by atoms with Crippen LogP contribution in [0.5, 0.6) is 5.75 Å². The molecule has 2 nitrogen and oxygen atoms in total. The van der Waals surface area contributed by atoms with E-state index in [0.29, 0.717) is 6.42 Å². The van der Waals surface area contributed by atoms with E-state index in [1.165, 1.54) is 0 Å². The van der Waals surface area contributed by atoms with Crippen molar-refractivity contribution in [3.05, 3.63) is 28.2 Å². The predicted molar refractivity (Wildman–Crippen MR) is 75.2 cm³/mol. The fourth-order valence-corrected chi connectivity index (χ4v) is 2.04. The monoisotopic (exact) mass is 295 g/mol. The molecule has 0 amide bonds. The highest BCUT2D eigenvalue weighted by atomic mass is 79.9. The van der Waals surface area contributed by atoms with Gasteiger partial charge in [0, 0.05) is 22.5 Å². The Balaban J connectivity index is 2.96. The van der Waals surface area contributed by atoms with Crippen molar-refractivity contribution in [3.63, 3.8) is 0 Å². The Morgan fingerprint density at radius 3 is 2.88 bits per heavy atom. The first kappa shape index (κ1) is 14.1. The molecule has 0 heterocycles. The molecule has 92 valence electrons. The van der Waals surface area contributed by atoms with Gasteiger partial charge in [-0.1, -0.05) is 28.9 Å². The zero-order valence-corrected chi connectivity index (χ0v) is 11.9. The van der Waals surface area contributed by atoms with Crippen LogP contribution in [0.3, 0.4) is 0 Å². The van der Waals surface area contributed by atoms with Crippen LogP contribution in [-0.2, 0) is 0 Å². The molecule has 0 aliphatic rings. The third-order valence-electron chi connectivity index (χ3n) is 2.53. The average molecular weight is 296 g/mol. The second-order valence-electron chi connectivity index (χ2n) is 3.80. The van der Waals surface area contributed by atoms with E-state index in [-0.39, 0.29) is 6.04 Å². The molecule has 1 atom stereocenters. The molecule has 0 aliphatic carbocycles. The molecule has 0 fully saturated rings. The minimum absolute atomic E-state index is 0.156. The van der Waals surface area contributed by atoms with Gasteiger partial charge in [-0.25, -0.2) is 0 Å². The number of ether oxygens (including phenoxy) is 1. The van der Waals surface area contributed by atoms with Crippen LogP contribution in [0.2, 0.25) is 0 Å². The second-order valence-corrected chi connectivity index (χ2v) is 4.72. The maximum Gasteiger partial charge on any atom is 0.124 e. The number of nitrogens with one attached hydrogen (secondary N) is 1. The van der Waals surface area contributed by atoms with E-state index in [9.17, 15) is 0 Å². The molecule has 1 rings (SSSR count). The van der Waals surface area contributed by atoms with Gasteiger partial charge in [-0.15, -0.1) is 12.3 Å². The number of halogens is 1. The summed E-state index contributed by atoms with van der Waals surface area (Å²) < 4.78 is 6.40. The molecule has 0 bridgehead atoms. The van der Waals surface area contributed by atoms with Crippen LogP contribution in [0.15, 0.2) is 22.7 Å². The van der Waals surface area contributed by atoms with Crippen molar-refractivity contribution in [1.29, 1.82) is 0 Å². The zero-order valence-electron chi connectivity index (χ0n) is 10.3. The van der Waals surface area contributed by atoms with E-state index in [1.54, 1.807) is 7.11 Å². The molecule has 17 heavy (non-hydrogen) atoms. The van der Waals surface area contributed by atoms with Gasteiger partial charge in [0.15, 0.2) is 0 Å². The Kier molecular flexibility index (Phi) is 6.10. The Morgan fingerprint density at radius 2 is 2.29 bits per heavy atom. The standard InChI is InChI=1S/C14H18BrNO/c1-4-6-13(16-9-5-2)12-8-7-11(15)10-14(12)17-3/h1,7-8,10,13,16H,5-6,9H2,2-3H3. The van der Waals surface area contributed by atoms with Crippen LogP contribution >= 0.6 is 15.9 Å². The molecular formula is C14H18BrNO. The maximum absolute atomic E-state index is 5.42. The largest absolute Gasteiger partial charge is 0.496 e. The van der Waals surface area contributed by atoms with Crippen LogP contribution in [0.1, 0.15) is 31.4 Å². The van der Waals surface area contributed by atoms with Crippen molar-refractivity contribution in [2.45, 2.75) is 25.8 Å². The highest BCUT2D eigenvalue weighted by Gasteiger charge is 2.14. The lowest BCUT2D eigenvalue weighted by Gasteiger charge is -2.19. The average Bonchev–Trinajstić information content (AvgIpc) is 2.34. The summed E-state index contributed by atoms with van der Waals surface area (Å²) in [5.74, 6) is 3.58. The SMILES string of the molecule is C#CCC(NCCC)c1ccc(Br)cc1OC. The number of methoxy groups -OCH3 is 1. The molecule has 1 aromatic rings.